The van der Waals surface area contributed by atoms with E-state index in [9.17, 15) is 14.8 Å². The van der Waals surface area contributed by atoms with Gasteiger partial charge in [-0.15, -0.1) is 6.58 Å². The van der Waals surface area contributed by atoms with Crippen LogP contribution >= 0.6 is 0 Å². The Morgan fingerprint density at radius 1 is 1.08 bits per heavy atom. The Kier molecular flexibility index (Phi) is 5.77. The lowest BCUT2D eigenvalue weighted by molar-refractivity contribution is -0.183. The van der Waals surface area contributed by atoms with Crippen molar-refractivity contribution in [3.63, 3.8) is 0 Å². The minimum atomic E-state index is -0.590. The van der Waals surface area contributed by atoms with E-state index in [4.69, 9.17) is 0 Å². The molecule has 0 bridgehead atoms. The zero-order valence-corrected chi connectivity index (χ0v) is 16.1. The second-order valence-corrected chi connectivity index (χ2v) is 8.54. The highest BCUT2D eigenvalue weighted by molar-refractivity contribution is 5.84. The Labute approximate surface area is 151 Å². The van der Waals surface area contributed by atoms with Crippen LogP contribution in [-0.4, -0.2) is 40.1 Å². The Hall–Kier alpha value is -1.62. The normalized spacial score (nSPS) is 31.5. The van der Waals surface area contributed by atoms with Gasteiger partial charge >= 0.3 is 0 Å². The molecular formula is C20H32N2O3. The number of hydrogen-bond acceptors (Lipinski definition) is 3. The first-order valence-electron chi connectivity index (χ1n) is 9.21. The number of piperidine rings is 2. The molecule has 2 aliphatic heterocycles. The molecule has 0 radical (unpaired) electrons. The second kappa shape index (κ2) is 7.32. The highest BCUT2D eigenvalue weighted by atomic mass is 16.5. The van der Waals surface area contributed by atoms with Gasteiger partial charge in [-0.25, -0.2) is 5.06 Å². The van der Waals surface area contributed by atoms with Crippen molar-refractivity contribution in [2.75, 3.05) is 13.1 Å². The third-order valence-corrected chi connectivity index (χ3v) is 5.49. The van der Waals surface area contributed by atoms with Gasteiger partial charge in [0.2, 0.25) is 5.91 Å². The maximum Gasteiger partial charge on any atom is 0.252 e. The summed E-state index contributed by atoms with van der Waals surface area (Å²) in [6.07, 6.45) is 6.60. The molecule has 140 valence electrons. The van der Waals surface area contributed by atoms with Crippen LogP contribution in [0.4, 0.5) is 0 Å². The lowest BCUT2D eigenvalue weighted by atomic mass is 9.75. The third-order valence-electron chi connectivity index (χ3n) is 5.49. The average molecular weight is 348 g/mol. The first-order chi connectivity index (χ1) is 11.6. The number of carbonyl (C=O) groups excluding carboxylic acids is 2. The number of nitrogens with zero attached hydrogens (tertiary/aromatic N) is 2. The third kappa shape index (κ3) is 4.32. The van der Waals surface area contributed by atoms with E-state index < -0.39 is 5.41 Å². The van der Waals surface area contributed by atoms with Gasteiger partial charge in [0, 0.05) is 19.3 Å². The standard InChI is InChI=1S/C20H32N2O3/c1-15(2)12-19(4)8-6-10-21(17(19)23)14-16(3)13-20(5)9-7-11-22(25)18(20)24/h14,25H,1,6-13H2,2-5H3/b16-14+/t19-,20-/m0/s1. The molecule has 2 rings (SSSR count). The van der Waals surface area contributed by atoms with Crippen LogP contribution in [0.3, 0.4) is 0 Å². The van der Waals surface area contributed by atoms with Crippen LogP contribution < -0.4 is 0 Å². The van der Waals surface area contributed by atoms with Gasteiger partial charge in [0.05, 0.1) is 10.8 Å². The molecule has 2 heterocycles. The fourth-order valence-electron chi connectivity index (χ4n) is 4.38. The van der Waals surface area contributed by atoms with E-state index in [1.54, 1.807) is 0 Å². The van der Waals surface area contributed by atoms with Crippen molar-refractivity contribution in [2.24, 2.45) is 10.8 Å². The second-order valence-electron chi connectivity index (χ2n) is 8.54. The first-order valence-corrected chi connectivity index (χ1v) is 9.21. The summed E-state index contributed by atoms with van der Waals surface area (Å²) in [5.41, 5.74) is 1.06. The van der Waals surface area contributed by atoms with E-state index in [2.05, 4.69) is 6.58 Å². The summed E-state index contributed by atoms with van der Waals surface area (Å²) < 4.78 is 0. The monoisotopic (exact) mass is 348 g/mol. The lowest BCUT2D eigenvalue weighted by Crippen LogP contribution is -2.46. The van der Waals surface area contributed by atoms with Crippen LogP contribution in [0.15, 0.2) is 23.9 Å². The van der Waals surface area contributed by atoms with E-state index in [1.165, 1.54) is 0 Å². The van der Waals surface area contributed by atoms with E-state index in [-0.39, 0.29) is 17.2 Å². The Balaban J connectivity index is 2.12. The van der Waals surface area contributed by atoms with Gasteiger partial charge in [0.1, 0.15) is 0 Å². The SMILES string of the molecule is C=C(C)C[C@]1(C)CCCN(/C=C(\C)C[C@]2(C)CCCN(O)C2=O)C1=O. The van der Waals surface area contributed by atoms with Crippen molar-refractivity contribution >= 4 is 11.8 Å². The molecule has 2 amide bonds. The summed E-state index contributed by atoms with van der Waals surface area (Å²) in [6.45, 7) is 12.9. The van der Waals surface area contributed by atoms with E-state index in [1.807, 2.05) is 38.8 Å². The minimum absolute atomic E-state index is 0.144. The van der Waals surface area contributed by atoms with Crippen LogP contribution in [0.2, 0.25) is 0 Å². The fourth-order valence-corrected chi connectivity index (χ4v) is 4.38. The topological polar surface area (TPSA) is 60.9 Å². The molecule has 2 fully saturated rings. The molecule has 0 aliphatic carbocycles. The van der Waals surface area contributed by atoms with Crippen molar-refractivity contribution in [1.29, 1.82) is 0 Å². The van der Waals surface area contributed by atoms with Gasteiger partial charge < -0.3 is 4.90 Å². The summed E-state index contributed by atoms with van der Waals surface area (Å²) in [6, 6.07) is 0. The number of rotatable bonds is 5. The number of hydroxylamine groups is 2. The van der Waals surface area contributed by atoms with Crippen LogP contribution in [0.1, 0.15) is 66.2 Å². The molecule has 0 aromatic carbocycles. The first kappa shape index (κ1) is 19.7. The van der Waals surface area contributed by atoms with E-state index in [0.29, 0.717) is 19.4 Å². The molecule has 1 N–H and O–H groups in total. The molecule has 2 aliphatic rings. The van der Waals surface area contributed by atoms with Crippen molar-refractivity contribution < 1.29 is 14.8 Å². The zero-order valence-electron chi connectivity index (χ0n) is 16.1. The maximum absolute atomic E-state index is 12.9. The molecule has 5 nitrogen and oxygen atoms in total. The molecule has 0 spiro atoms. The summed E-state index contributed by atoms with van der Waals surface area (Å²) in [7, 11) is 0. The summed E-state index contributed by atoms with van der Waals surface area (Å²) in [5, 5.41) is 10.6. The lowest BCUT2D eigenvalue weighted by Gasteiger charge is -2.39. The Morgan fingerprint density at radius 3 is 2.24 bits per heavy atom. The largest absolute Gasteiger partial charge is 0.319 e. The summed E-state index contributed by atoms with van der Waals surface area (Å²) in [4.78, 5) is 27.1. The number of likely N-dealkylation sites (tertiary alicyclic amines) is 1. The van der Waals surface area contributed by atoms with Gasteiger partial charge in [-0.05, 0) is 52.4 Å². The molecule has 25 heavy (non-hydrogen) atoms. The number of allylic oxidation sites excluding steroid dienone is 2. The van der Waals surface area contributed by atoms with Crippen molar-refractivity contribution in [1.82, 2.24) is 9.96 Å². The Bertz CT molecular complexity index is 598. The number of amides is 2. The predicted octanol–water partition coefficient (Wildman–Crippen LogP) is 3.89. The predicted molar refractivity (Wildman–Crippen MR) is 97.7 cm³/mol. The van der Waals surface area contributed by atoms with E-state index in [0.717, 1.165) is 48.4 Å². The molecule has 2 saturated heterocycles. The quantitative estimate of drug-likeness (QED) is 0.605. The van der Waals surface area contributed by atoms with Crippen LogP contribution in [-0.2, 0) is 9.59 Å². The molecule has 0 aromatic heterocycles. The minimum Gasteiger partial charge on any atom is -0.319 e. The number of carbonyl (C=O) groups is 2. The zero-order chi connectivity index (χ0) is 18.8. The Morgan fingerprint density at radius 2 is 1.64 bits per heavy atom. The van der Waals surface area contributed by atoms with Crippen molar-refractivity contribution in [3.8, 4) is 0 Å². The summed E-state index contributed by atoms with van der Waals surface area (Å²) in [5.74, 6) is -0.0754. The van der Waals surface area contributed by atoms with Gasteiger partial charge in [-0.3, -0.25) is 14.8 Å². The molecule has 5 heteroatoms. The van der Waals surface area contributed by atoms with Crippen LogP contribution in [0, 0.1) is 10.8 Å². The summed E-state index contributed by atoms with van der Waals surface area (Å²) >= 11 is 0. The molecule has 0 aromatic rings. The fraction of sp³-hybridized carbons (Fsp3) is 0.700. The van der Waals surface area contributed by atoms with Crippen LogP contribution in [0.5, 0.6) is 0 Å². The van der Waals surface area contributed by atoms with E-state index >= 15 is 0 Å². The van der Waals surface area contributed by atoms with Crippen molar-refractivity contribution in [3.05, 3.63) is 23.9 Å². The maximum atomic E-state index is 12.9. The molecule has 2 atom stereocenters. The smallest absolute Gasteiger partial charge is 0.252 e. The molecule has 0 unspecified atom stereocenters. The molecular weight excluding hydrogens is 316 g/mol. The highest BCUT2D eigenvalue weighted by Gasteiger charge is 2.41. The highest BCUT2D eigenvalue weighted by Crippen LogP contribution is 2.39. The van der Waals surface area contributed by atoms with Crippen molar-refractivity contribution in [2.45, 2.75) is 66.2 Å². The van der Waals surface area contributed by atoms with Crippen LogP contribution in [0.25, 0.3) is 0 Å². The van der Waals surface area contributed by atoms with Gasteiger partial charge in [0.25, 0.3) is 5.91 Å². The number of hydrogen-bond donors (Lipinski definition) is 1. The van der Waals surface area contributed by atoms with Gasteiger partial charge in [0.15, 0.2) is 0 Å². The average Bonchev–Trinajstić information content (AvgIpc) is 2.49. The van der Waals surface area contributed by atoms with Gasteiger partial charge in [-0.1, -0.05) is 25.0 Å². The van der Waals surface area contributed by atoms with Gasteiger partial charge in [-0.2, -0.15) is 0 Å². The molecule has 0 saturated carbocycles.